The minimum atomic E-state index is -3.58. The van der Waals surface area contributed by atoms with Gasteiger partial charge in [0.25, 0.3) is 0 Å². The summed E-state index contributed by atoms with van der Waals surface area (Å²) in [5.74, 6) is 5.52. The van der Waals surface area contributed by atoms with Gasteiger partial charge in [-0.05, 0) is 24.6 Å². The summed E-state index contributed by atoms with van der Waals surface area (Å²) in [7, 11) is -0.525. The van der Waals surface area contributed by atoms with Crippen molar-refractivity contribution in [2.24, 2.45) is 5.73 Å². The number of sulfonamides is 1. The molecule has 0 saturated carbocycles. The van der Waals surface area contributed by atoms with Gasteiger partial charge < -0.3 is 10.5 Å². The molecular weight excluding hydrogens is 276 g/mol. The smallest absolute Gasteiger partial charge is 0.244 e. The van der Waals surface area contributed by atoms with E-state index in [1.165, 1.54) is 18.5 Å². The fourth-order valence-electron chi connectivity index (χ4n) is 1.62. The Morgan fingerprint density at radius 2 is 2.10 bits per heavy atom. The van der Waals surface area contributed by atoms with Gasteiger partial charge in [0, 0.05) is 26.3 Å². The third kappa shape index (κ3) is 4.05. The number of nitrogens with two attached hydrogens (primary N) is 1. The van der Waals surface area contributed by atoms with Crippen molar-refractivity contribution in [3.63, 3.8) is 0 Å². The van der Waals surface area contributed by atoms with Gasteiger partial charge in [0.15, 0.2) is 0 Å². The van der Waals surface area contributed by atoms with Gasteiger partial charge in [0.05, 0.1) is 18.0 Å². The van der Waals surface area contributed by atoms with Crippen LogP contribution in [0, 0.1) is 18.8 Å². The molecular formula is C14H20N2O3S. The zero-order chi connectivity index (χ0) is 15.2. The Labute approximate surface area is 120 Å². The predicted octanol–water partition coefficient (Wildman–Crippen LogP) is 0.572. The second kappa shape index (κ2) is 7.41. The first-order valence-corrected chi connectivity index (χ1v) is 7.62. The van der Waals surface area contributed by atoms with Crippen LogP contribution in [0.5, 0.6) is 0 Å². The molecule has 1 rings (SSSR count). The largest absolute Gasteiger partial charge is 0.383 e. The molecule has 20 heavy (non-hydrogen) atoms. The summed E-state index contributed by atoms with van der Waals surface area (Å²) in [4.78, 5) is 0.197. The first kappa shape index (κ1) is 16.7. The van der Waals surface area contributed by atoms with E-state index < -0.39 is 10.0 Å². The van der Waals surface area contributed by atoms with E-state index in [1.807, 2.05) is 6.92 Å². The zero-order valence-electron chi connectivity index (χ0n) is 12.0. The summed E-state index contributed by atoms with van der Waals surface area (Å²) in [5, 5.41) is 0. The molecule has 110 valence electrons. The summed E-state index contributed by atoms with van der Waals surface area (Å²) < 4.78 is 31.2. The van der Waals surface area contributed by atoms with Crippen LogP contribution in [0.4, 0.5) is 0 Å². The van der Waals surface area contributed by atoms with Crippen molar-refractivity contribution in [2.75, 3.05) is 33.9 Å². The van der Waals surface area contributed by atoms with E-state index in [-0.39, 0.29) is 18.0 Å². The molecule has 0 aliphatic rings. The Bertz CT molecular complexity index is 615. The molecule has 0 saturated heterocycles. The van der Waals surface area contributed by atoms with Crippen molar-refractivity contribution in [3.05, 3.63) is 29.3 Å². The zero-order valence-corrected chi connectivity index (χ0v) is 12.8. The quantitative estimate of drug-likeness (QED) is 0.806. The lowest BCUT2D eigenvalue weighted by molar-refractivity contribution is 0.185. The van der Waals surface area contributed by atoms with E-state index in [0.29, 0.717) is 12.2 Å². The first-order valence-electron chi connectivity index (χ1n) is 6.18. The SMILES string of the molecule is COCCN(C)S(=O)(=O)c1ccc(C)cc1C#CCN. The van der Waals surface area contributed by atoms with Crippen LogP contribution in [0.3, 0.4) is 0 Å². The molecule has 0 heterocycles. The Balaban J connectivity index is 3.23. The molecule has 0 amide bonds. The summed E-state index contributed by atoms with van der Waals surface area (Å²) in [6, 6.07) is 5.08. The number of likely N-dealkylation sites (N-methyl/N-ethyl adjacent to an activating group) is 1. The molecule has 6 heteroatoms. The van der Waals surface area contributed by atoms with Gasteiger partial charge >= 0.3 is 0 Å². The first-order chi connectivity index (χ1) is 9.43. The minimum Gasteiger partial charge on any atom is -0.383 e. The Kier molecular flexibility index (Phi) is 6.17. The average Bonchev–Trinajstić information content (AvgIpc) is 2.42. The van der Waals surface area contributed by atoms with Crippen LogP contribution in [0.2, 0.25) is 0 Å². The highest BCUT2D eigenvalue weighted by molar-refractivity contribution is 7.89. The maximum absolute atomic E-state index is 12.5. The van der Waals surface area contributed by atoms with Crippen LogP contribution in [-0.2, 0) is 14.8 Å². The van der Waals surface area contributed by atoms with E-state index in [1.54, 1.807) is 18.2 Å². The molecule has 0 aromatic heterocycles. The van der Waals surface area contributed by atoms with Crippen LogP contribution >= 0.6 is 0 Å². The summed E-state index contributed by atoms with van der Waals surface area (Å²) in [6.07, 6.45) is 0. The van der Waals surface area contributed by atoms with Crippen molar-refractivity contribution in [3.8, 4) is 11.8 Å². The van der Waals surface area contributed by atoms with E-state index in [4.69, 9.17) is 10.5 Å². The molecule has 0 aliphatic heterocycles. The molecule has 1 aromatic carbocycles. The molecule has 1 aromatic rings. The third-order valence-corrected chi connectivity index (χ3v) is 4.67. The monoisotopic (exact) mass is 296 g/mol. The van der Waals surface area contributed by atoms with Gasteiger partial charge in [0.1, 0.15) is 0 Å². The van der Waals surface area contributed by atoms with Crippen molar-refractivity contribution < 1.29 is 13.2 Å². The number of benzene rings is 1. The van der Waals surface area contributed by atoms with Gasteiger partial charge in [0.2, 0.25) is 10.0 Å². The second-order valence-corrected chi connectivity index (χ2v) is 6.34. The van der Waals surface area contributed by atoms with E-state index in [2.05, 4.69) is 11.8 Å². The molecule has 0 aliphatic carbocycles. The number of methoxy groups -OCH3 is 1. The lowest BCUT2D eigenvalue weighted by Gasteiger charge is -2.18. The lowest BCUT2D eigenvalue weighted by atomic mass is 10.1. The van der Waals surface area contributed by atoms with Gasteiger partial charge in [-0.15, -0.1) is 0 Å². The maximum Gasteiger partial charge on any atom is 0.244 e. The van der Waals surface area contributed by atoms with Crippen molar-refractivity contribution in [1.29, 1.82) is 0 Å². The maximum atomic E-state index is 12.5. The molecule has 0 fully saturated rings. The standard InChI is InChI=1S/C14H20N2O3S/c1-12-6-7-14(13(11-12)5-4-8-15)20(17,18)16(2)9-10-19-3/h6-7,11H,8-10,15H2,1-3H3. The van der Waals surface area contributed by atoms with Crippen molar-refractivity contribution >= 4 is 10.0 Å². The Hall–Kier alpha value is -1.39. The van der Waals surface area contributed by atoms with E-state index in [0.717, 1.165) is 5.56 Å². The molecule has 0 bridgehead atoms. The topological polar surface area (TPSA) is 72.6 Å². The van der Waals surface area contributed by atoms with Gasteiger partial charge in [-0.2, -0.15) is 4.31 Å². The summed E-state index contributed by atoms with van der Waals surface area (Å²) >= 11 is 0. The predicted molar refractivity (Wildman–Crippen MR) is 78.8 cm³/mol. The third-order valence-electron chi connectivity index (χ3n) is 2.76. The second-order valence-electron chi connectivity index (χ2n) is 4.32. The average molecular weight is 296 g/mol. The number of ether oxygens (including phenoxy) is 1. The number of hydrogen-bond donors (Lipinski definition) is 1. The van der Waals surface area contributed by atoms with Crippen molar-refractivity contribution in [1.82, 2.24) is 4.31 Å². The van der Waals surface area contributed by atoms with Gasteiger partial charge in [-0.25, -0.2) is 8.42 Å². The highest BCUT2D eigenvalue weighted by atomic mass is 32.2. The normalized spacial score (nSPS) is 11.2. The van der Waals surface area contributed by atoms with Crippen LogP contribution in [0.1, 0.15) is 11.1 Å². The number of rotatable bonds is 5. The number of nitrogens with zero attached hydrogens (tertiary/aromatic N) is 1. The molecule has 0 atom stereocenters. The lowest BCUT2D eigenvalue weighted by Crippen LogP contribution is -2.30. The number of aryl methyl sites for hydroxylation is 1. The van der Waals surface area contributed by atoms with Crippen LogP contribution in [0.25, 0.3) is 0 Å². The van der Waals surface area contributed by atoms with Crippen molar-refractivity contribution in [2.45, 2.75) is 11.8 Å². The molecule has 0 spiro atoms. The van der Waals surface area contributed by atoms with E-state index in [9.17, 15) is 8.42 Å². The Morgan fingerprint density at radius 1 is 1.40 bits per heavy atom. The Morgan fingerprint density at radius 3 is 2.70 bits per heavy atom. The summed E-state index contributed by atoms with van der Waals surface area (Å²) in [5.41, 5.74) is 6.77. The molecule has 0 radical (unpaired) electrons. The van der Waals surface area contributed by atoms with E-state index >= 15 is 0 Å². The van der Waals surface area contributed by atoms with Crippen LogP contribution in [-0.4, -0.2) is 46.6 Å². The minimum absolute atomic E-state index is 0.187. The van der Waals surface area contributed by atoms with Gasteiger partial charge in [-0.3, -0.25) is 0 Å². The molecule has 5 nitrogen and oxygen atoms in total. The fraction of sp³-hybridized carbons (Fsp3) is 0.429. The van der Waals surface area contributed by atoms with Crippen LogP contribution in [0.15, 0.2) is 23.1 Å². The summed E-state index contributed by atoms with van der Waals surface area (Å²) in [6.45, 7) is 2.70. The fourth-order valence-corrected chi connectivity index (χ4v) is 2.90. The van der Waals surface area contributed by atoms with Crippen LogP contribution < -0.4 is 5.73 Å². The van der Waals surface area contributed by atoms with Gasteiger partial charge in [-0.1, -0.05) is 17.9 Å². The highest BCUT2D eigenvalue weighted by Gasteiger charge is 2.23. The molecule has 0 unspecified atom stereocenters. The molecule has 2 N–H and O–H groups in total. The number of hydrogen-bond acceptors (Lipinski definition) is 4. The highest BCUT2D eigenvalue weighted by Crippen LogP contribution is 2.20.